The first kappa shape index (κ1) is 13.5. The monoisotopic (exact) mass is 228 g/mol. The number of hydrogen-bond acceptors (Lipinski definition) is 3. The molecule has 1 aliphatic heterocycles. The van der Waals surface area contributed by atoms with Crippen molar-refractivity contribution in [3.8, 4) is 0 Å². The van der Waals surface area contributed by atoms with E-state index in [2.05, 4.69) is 19.2 Å². The molecule has 1 unspecified atom stereocenters. The molecule has 16 heavy (non-hydrogen) atoms. The molecule has 0 bridgehead atoms. The lowest BCUT2D eigenvalue weighted by Crippen LogP contribution is -2.44. The van der Waals surface area contributed by atoms with E-state index >= 15 is 0 Å². The van der Waals surface area contributed by atoms with Crippen molar-refractivity contribution < 1.29 is 9.53 Å². The maximum Gasteiger partial charge on any atom is 0.224 e. The lowest BCUT2D eigenvalue weighted by molar-refractivity contribution is -0.126. The number of nitrogens with one attached hydrogen (secondary N) is 1. The normalized spacial score (nSPS) is 19.8. The molecule has 94 valence electrons. The Morgan fingerprint density at radius 3 is 2.56 bits per heavy atom. The largest absolute Gasteiger partial charge is 0.381 e. The molecule has 4 heteroatoms. The summed E-state index contributed by atoms with van der Waals surface area (Å²) in [4.78, 5) is 11.9. The van der Waals surface area contributed by atoms with Gasteiger partial charge in [0.15, 0.2) is 0 Å². The summed E-state index contributed by atoms with van der Waals surface area (Å²) in [5.41, 5.74) is 5.64. The number of carbonyl (C=O) groups is 1. The third kappa shape index (κ3) is 4.49. The summed E-state index contributed by atoms with van der Waals surface area (Å²) in [5.74, 6) is 0.583. The van der Waals surface area contributed by atoms with Gasteiger partial charge in [-0.1, -0.05) is 13.8 Å². The molecule has 0 radical (unpaired) electrons. The van der Waals surface area contributed by atoms with Gasteiger partial charge in [-0.05, 0) is 25.2 Å². The lowest BCUT2D eigenvalue weighted by atomic mass is 9.95. The second-order valence-corrected chi connectivity index (χ2v) is 4.96. The zero-order chi connectivity index (χ0) is 12.0. The van der Waals surface area contributed by atoms with Gasteiger partial charge in [0.2, 0.25) is 5.91 Å². The van der Waals surface area contributed by atoms with Gasteiger partial charge >= 0.3 is 0 Å². The number of hydrogen-bond donors (Lipinski definition) is 2. The second-order valence-electron chi connectivity index (χ2n) is 4.96. The van der Waals surface area contributed by atoms with Crippen LogP contribution in [0.5, 0.6) is 0 Å². The van der Waals surface area contributed by atoms with Gasteiger partial charge in [0.05, 0.1) is 5.92 Å². The molecular weight excluding hydrogens is 204 g/mol. The van der Waals surface area contributed by atoms with Crippen LogP contribution in [0.25, 0.3) is 0 Å². The Labute approximate surface area is 97.9 Å². The smallest absolute Gasteiger partial charge is 0.224 e. The van der Waals surface area contributed by atoms with Crippen molar-refractivity contribution in [2.75, 3.05) is 19.8 Å². The molecule has 0 saturated carbocycles. The average molecular weight is 228 g/mol. The van der Waals surface area contributed by atoms with Crippen LogP contribution < -0.4 is 11.1 Å². The van der Waals surface area contributed by atoms with E-state index in [0.717, 1.165) is 32.5 Å². The topological polar surface area (TPSA) is 64.4 Å². The number of ether oxygens (including phenoxy) is 1. The van der Waals surface area contributed by atoms with E-state index in [9.17, 15) is 4.79 Å². The van der Waals surface area contributed by atoms with E-state index in [0.29, 0.717) is 12.5 Å². The first-order chi connectivity index (χ1) is 7.63. The number of amides is 1. The van der Waals surface area contributed by atoms with Crippen LogP contribution in [-0.2, 0) is 9.53 Å². The highest BCUT2D eigenvalue weighted by atomic mass is 16.5. The summed E-state index contributed by atoms with van der Waals surface area (Å²) in [6.45, 7) is 6.17. The third-order valence-electron chi connectivity index (χ3n) is 2.98. The minimum Gasteiger partial charge on any atom is -0.381 e. The summed E-state index contributed by atoms with van der Waals surface area (Å²) in [7, 11) is 0. The van der Waals surface area contributed by atoms with Crippen LogP contribution in [-0.4, -0.2) is 31.7 Å². The average Bonchev–Trinajstić information content (AvgIpc) is 2.26. The first-order valence-corrected chi connectivity index (χ1v) is 6.21. The van der Waals surface area contributed by atoms with Crippen molar-refractivity contribution in [3.63, 3.8) is 0 Å². The maximum absolute atomic E-state index is 11.9. The molecule has 1 rings (SSSR count). The van der Waals surface area contributed by atoms with Crippen molar-refractivity contribution >= 4 is 5.91 Å². The molecule has 0 aromatic carbocycles. The van der Waals surface area contributed by atoms with Crippen molar-refractivity contribution in [2.45, 2.75) is 39.2 Å². The Balaban J connectivity index is 2.35. The molecule has 1 atom stereocenters. The Kier molecular flexibility index (Phi) is 5.77. The highest BCUT2D eigenvalue weighted by Gasteiger charge is 2.22. The van der Waals surface area contributed by atoms with E-state index in [1.807, 2.05) is 0 Å². The molecule has 1 aliphatic rings. The van der Waals surface area contributed by atoms with E-state index in [4.69, 9.17) is 10.5 Å². The molecule has 4 nitrogen and oxygen atoms in total. The molecular formula is C12H24N2O2. The fourth-order valence-corrected chi connectivity index (χ4v) is 2.04. The summed E-state index contributed by atoms with van der Waals surface area (Å²) < 4.78 is 5.26. The van der Waals surface area contributed by atoms with Gasteiger partial charge in [0.1, 0.15) is 0 Å². The summed E-state index contributed by atoms with van der Waals surface area (Å²) in [6, 6.07) is 0.280. The van der Waals surface area contributed by atoms with E-state index < -0.39 is 0 Å². The number of nitrogens with two attached hydrogens (primary N) is 1. The predicted molar refractivity (Wildman–Crippen MR) is 64.0 cm³/mol. The Morgan fingerprint density at radius 2 is 2.06 bits per heavy atom. The Hall–Kier alpha value is -0.610. The van der Waals surface area contributed by atoms with Gasteiger partial charge in [-0.3, -0.25) is 4.79 Å². The van der Waals surface area contributed by atoms with Gasteiger partial charge in [0.25, 0.3) is 0 Å². The number of rotatable bonds is 5. The highest BCUT2D eigenvalue weighted by Crippen LogP contribution is 2.13. The van der Waals surface area contributed by atoms with Crippen molar-refractivity contribution in [2.24, 2.45) is 17.6 Å². The summed E-state index contributed by atoms with van der Waals surface area (Å²) >= 11 is 0. The zero-order valence-corrected chi connectivity index (χ0v) is 10.4. The Morgan fingerprint density at radius 1 is 1.44 bits per heavy atom. The fourth-order valence-electron chi connectivity index (χ4n) is 2.04. The van der Waals surface area contributed by atoms with Crippen LogP contribution in [0, 0.1) is 11.8 Å². The first-order valence-electron chi connectivity index (χ1n) is 6.21. The molecule has 0 aromatic rings. The van der Waals surface area contributed by atoms with E-state index in [1.165, 1.54) is 0 Å². The fraction of sp³-hybridized carbons (Fsp3) is 0.917. The third-order valence-corrected chi connectivity index (χ3v) is 2.98. The molecule has 0 spiro atoms. The van der Waals surface area contributed by atoms with Gasteiger partial charge in [0, 0.05) is 25.8 Å². The quantitative estimate of drug-likeness (QED) is 0.735. The van der Waals surface area contributed by atoms with Crippen LogP contribution >= 0.6 is 0 Å². The van der Waals surface area contributed by atoms with Gasteiger partial charge in [-0.2, -0.15) is 0 Å². The standard InChI is InChI=1S/C12H24N2O2/c1-9(2)7-10(8-13)12(15)14-11-3-5-16-6-4-11/h9-11H,3-8,13H2,1-2H3,(H,14,15). The van der Waals surface area contributed by atoms with E-state index in [-0.39, 0.29) is 17.9 Å². The summed E-state index contributed by atoms with van der Waals surface area (Å²) in [6.07, 6.45) is 2.71. The van der Waals surface area contributed by atoms with Crippen LogP contribution in [0.3, 0.4) is 0 Å². The predicted octanol–water partition coefficient (Wildman–Crippen LogP) is 0.903. The van der Waals surface area contributed by atoms with E-state index in [1.54, 1.807) is 0 Å². The van der Waals surface area contributed by atoms with Crippen molar-refractivity contribution in [3.05, 3.63) is 0 Å². The van der Waals surface area contributed by atoms with Crippen LogP contribution in [0.1, 0.15) is 33.1 Å². The van der Waals surface area contributed by atoms with Crippen molar-refractivity contribution in [1.82, 2.24) is 5.32 Å². The summed E-state index contributed by atoms with van der Waals surface area (Å²) in [5, 5.41) is 3.08. The SMILES string of the molecule is CC(C)CC(CN)C(=O)NC1CCOCC1. The van der Waals surface area contributed by atoms with Crippen LogP contribution in [0.4, 0.5) is 0 Å². The van der Waals surface area contributed by atoms with Gasteiger partial charge in [-0.25, -0.2) is 0 Å². The molecule has 1 heterocycles. The minimum atomic E-state index is -0.0390. The minimum absolute atomic E-state index is 0.0390. The highest BCUT2D eigenvalue weighted by molar-refractivity contribution is 5.79. The Bertz CT molecular complexity index is 213. The molecule has 0 aromatic heterocycles. The van der Waals surface area contributed by atoms with Crippen molar-refractivity contribution in [1.29, 1.82) is 0 Å². The number of carbonyl (C=O) groups excluding carboxylic acids is 1. The second kappa shape index (κ2) is 6.86. The zero-order valence-electron chi connectivity index (χ0n) is 10.4. The molecule has 0 aliphatic carbocycles. The molecule has 1 amide bonds. The lowest BCUT2D eigenvalue weighted by Gasteiger charge is -2.25. The molecule has 3 N–H and O–H groups in total. The van der Waals surface area contributed by atoms with Gasteiger partial charge in [-0.15, -0.1) is 0 Å². The van der Waals surface area contributed by atoms with Gasteiger partial charge < -0.3 is 15.8 Å². The molecule has 1 saturated heterocycles. The maximum atomic E-state index is 11.9. The molecule has 1 fully saturated rings. The van der Waals surface area contributed by atoms with Crippen LogP contribution in [0.2, 0.25) is 0 Å². The van der Waals surface area contributed by atoms with Crippen LogP contribution in [0.15, 0.2) is 0 Å².